The Kier molecular flexibility index (Phi) is 7.03. The second-order valence-corrected chi connectivity index (χ2v) is 9.12. The van der Waals surface area contributed by atoms with Crippen LogP contribution in [0, 0.1) is 5.92 Å². The first-order valence-electron chi connectivity index (χ1n) is 12.2. The van der Waals surface area contributed by atoms with E-state index in [1.165, 1.54) is 0 Å². The van der Waals surface area contributed by atoms with Gasteiger partial charge in [-0.25, -0.2) is 0 Å². The van der Waals surface area contributed by atoms with Gasteiger partial charge in [-0.05, 0) is 54.7 Å². The molecule has 3 aromatic rings. The van der Waals surface area contributed by atoms with Gasteiger partial charge in [-0.1, -0.05) is 48.5 Å². The van der Waals surface area contributed by atoms with E-state index in [0.717, 1.165) is 16.8 Å². The average Bonchev–Trinajstić information content (AvgIpc) is 2.91. The Hall–Kier alpha value is -4.06. The number of ether oxygens (including phenoxy) is 2. The minimum absolute atomic E-state index is 0.0355. The van der Waals surface area contributed by atoms with Crippen LogP contribution in [-0.2, 0) is 14.3 Å². The van der Waals surface area contributed by atoms with Gasteiger partial charge in [0.15, 0.2) is 5.78 Å². The van der Waals surface area contributed by atoms with E-state index in [-0.39, 0.29) is 24.9 Å². The number of benzene rings is 2. The maximum atomic E-state index is 13.6. The number of aromatic nitrogens is 1. The summed E-state index contributed by atoms with van der Waals surface area (Å²) in [6.07, 6.45) is 4.43. The maximum Gasteiger partial charge on any atom is 0.315 e. The van der Waals surface area contributed by atoms with Gasteiger partial charge >= 0.3 is 5.97 Å². The lowest BCUT2D eigenvalue weighted by Gasteiger charge is -2.36. The highest BCUT2D eigenvalue weighted by Gasteiger charge is 2.44. The molecule has 0 saturated heterocycles. The third kappa shape index (κ3) is 4.98. The maximum absolute atomic E-state index is 13.6. The summed E-state index contributed by atoms with van der Waals surface area (Å²) in [5, 5.41) is 0. The Labute approximate surface area is 210 Å². The molecule has 0 N–H and O–H groups in total. The smallest absolute Gasteiger partial charge is 0.315 e. The molecule has 0 radical (unpaired) electrons. The van der Waals surface area contributed by atoms with E-state index in [0.29, 0.717) is 29.9 Å². The molecule has 0 fully saturated rings. The number of rotatable bonds is 7. The number of para-hydroxylation sites is 1. The van der Waals surface area contributed by atoms with Gasteiger partial charge in [0.05, 0.1) is 0 Å². The number of carbonyl (C=O) groups excluding carboxylic acids is 2. The molecule has 2 aliphatic rings. The summed E-state index contributed by atoms with van der Waals surface area (Å²) in [6.45, 7) is 2.20. The first-order chi connectivity index (χ1) is 17.6. The van der Waals surface area contributed by atoms with Crippen LogP contribution >= 0.6 is 0 Å². The van der Waals surface area contributed by atoms with Crippen LogP contribution in [0.15, 0.2) is 101 Å². The Balaban J connectivity index is 1.39. The summed E-state index contributed by atoms with van der Waals surface area (Å²) in [6, 6.07) is 23.2. The molecule has 2 heterocycles. The van der Waals surface area contributed by atoms with Crippen LogP contribution in [0.3, 0.4) is 0 Å². The van der Waals surface area contributed by atoms with Crippen LogP contribution in [0.4, 0.5) is 0 Å². The minimum Gasteiger partial charge on any atom is -0.490 e. The van der Waals surface area contributed by atoms with E-state index in [9.17, 15) is 9.59 Å². The topological polar surface area (TPSA) is 77.9 Å². The predicted octanol–water partition coefficient (Wildman–Crippen LogP) is 5.28. The summed E-state index contributed by atoms with van der Waals surface area (Å²) >= 11 is 0. The first kappa shape index (κ1) is 23.7. The van der Waals surface area contributed by atoms with Gasteiger partial charge in [0.25, 0.3) is 0 Å². The summed E-state index contributed by atoms with van der Waals surface area (Å²) in [4.78, 5) is 35.9. The molecule has 1 aliphatic carbocycles. The minimum atomic E-state index is -0.680. The molecule has 5 rings (SSSR count). The number of hydrogen-bond acceptors (Lipinski definition) is 6. The third-order valence-corrected chi connectivity index (χ3v) is 6.82. The highest BCUT2D eigenvalue weighted by Crippen LogP contribution is 2.46. The Morgan fingerprint density at radius 1 is 0.889 bits per heavy atom. The SMILES string of the molecule is CC1=NC2=C(C(=O)C[C@H](c3ccccc3)C2)[C@H](c2ccncc2)C1C(=O)OCCOc1ccccc1. The summed E-state index contributed by atoms with van der Waals surface area (Å²) < 4.78 is 11.3. The van der Waals surface area contributed by atoms with Crippen LogP contribution in [0.1, 0.15) is 42.7 Å². The molecule has 1 aliphatic heterocycles. The van der Waals surface area contributed by atoms with Crippen LogP contribution in [-0.4, -0.2) is 35.7 Å². The van der Waals surface area contributed by atoms with E-state index >= 15 is 0 Å². The first-order valence-corrected chi connectivity index (χ1v) is 12.2. The van der Waals surface area contributed by atoms with Gasteiger partial charge < -0.3 is 9.47 Å². The van der Waals surface area contributed by atoms with Gasteiger partial charge in [-0.3, -0.25) is 19.6 Å². The molecule has 6 heteroatoms. The van der Waals surface area contributed by atoms with Crippen molar-refractivity contribution in [3.05, 3.63) is 108 Å². The van der Waals surface area contributed by atoms with Crippen molar-refractivity contribution in [2.24, 2.45) is 10.9 Å². The zero-order valence-corrected chi connectivity index (χ0v) is 20.2. The molecule has 0 bridgehead atoms. The average molecular weight is 481 g/mol. The van der Waals surface area contributed by atoms with Crippen molar-refractivity contribution >= 4 is 17.5 Å². The Morgan fingerprint density at radius 3 is 2.31 bits per heavy atom. The van der Waals surface area contributed by atoms with E-state index in [1.54, 1.807) is 12.4 Å². The van der Waals surface area contributed by atoms with Crippen molar-refractivity contribution in [1.29, 1.82) is 0 Å². The van der Waals surface area contributed by atoms with Crippen molar-refractivity contribution in [3.63, 3.8) is 0 Å². The summed E-state index contributed by atoms with van der Waals surface area (Å²) in [5.74, 6) is -0.708. The highest BCUT2D eigenvalue weighted by atomic mass is 16.6. The summed E-state index contributed by atoms with van der Waals surface area (Å²) in [5.41, 5.74) is 4.05. The molecule has 2 aromatic carbocycles. The van der Waals surface area contributed by atoms with E-state index in [1.807, 2.05) is 67.6 Å². The van der Waals surface area contributed by atoms with E-state index in [4.69, 9.17) is 14.5 Å². The molecule has 0 spiro atoms. The van der Waals surface area contributed by atoms with Crippen molar-refractivity contribution in [3.8, 4) is 5.75 Å². The normalized spacial score (nSPS) is 21.4. The fraction of sp³-hybridized carbons (Fsp3) is 0.267. The molecule has 0 saturated carbocycles. The molecule has 182 valence electrons. The highest BCUT2D eigenvalue weighted by molar-refractivity contribution is 6.09. The number of nitrogens with zero attached hydrogens (tertiary/aromatic N) is 2. The van der Waals surface area contributed by atoms with Crippen LogP contribution in [0.25, 0.3) is 0 Å². The Morgan fingerprint density at radius 2 is 1.58 bits per heavy atom. The summed E-state index contributed by atoms with van der Waals surface area (Å²) in [7, 11) is 0. The van der Waals surface area contributed by atoms with Gasteiger partial charge in [0.2, 0.25) is 0 Å². The lowest BCUT2D eigenvalue weighted by atomic mass is 9.69. The van der Waals surface area contributed by atoms with Crippen molar-refractivity contribution in [2.75, 3.05) is 13.2 Å². The molecule has 3 atom stereocenters. The third-order valence-electron chi connectivity index (χ3n) is 6.82. The largest absolute Gasteiger partial charge is 0.490 e. The standard InChI is InChI=1S/C30H28N2O4/c1-20-27(30(34)36-17-16-35-24-10-6-3-7-11-24)28(22-12-14-31-15-13-22)29-25(32-20)18-23(19-26(29)33)21-8-4-2-5-9-21/h2-15,23,27-28H,16-19H2,1H3/t23-,27?,28-/m1/s1. The molecule has 1 aromatic heterocycles. The number of allylic oxidation sites excluding steroid dienone is 2. The van der Waals surface area contributed by atoms with Crippen LogP contribution in [0.2, 0.25) is 0 Å². The van der Waals surface area contributed by atoms with Crippen LogP contribution in [0.5, 0.6) is 5.75 Å². The van der Waals surface area contributed by atoms with E-state index in [2.05, 4.69) is 17.1 Å². The lowest BCUT2D eigenvalue weighted by Crippen LogP contribution is -2.38. The molecule has 0 amide bonds. The van der Waals surface area contributed by atoms with Gasteiger partial charge in [-0.15, -0.1) is 0 Å². The fourth-order valence-electron chi connectivity index (χ4n) is 5.17. The molecular weight excluding hydrogens is 452 g/mol. The molecule has 36 heavy (non-hydrogen) atoms. The van der Waals surface area contributed by atoms with Crippen molar-refractivity contribution < 1.29 is 19.1 Å². The number of esters is 1. The zero-order chi connectivity index (χ0) is 24.9. The van der Waals surface area contributed by atoms with Crippen molar-refractivity contribution in [2.45, 2.75) is 31.6 Å². The van der Waals surface area contributed by atoms with Gasteiger partial charge in [-0.2, -0.15) is 0 Å². The number of hydrogen-bond donors (Lipinski definition) is 0. The Bertz CT molecular complexity index is 1290. The quantitative estimate of drug-likeness (QED) is 0.340. The van der Waals surface area contributed by atoms with Gasteiger partial charge in [0.1, 0.15) is 24.9 Å². The number of pyridine rings is 1. The molecule has 1 unspecified atom stereocenters. The number of Topliss-reactive ketones (excluding diaryl/α,β-unsaturated/α-hetero) is 1. The zero-order valence-electron chi connectivity index (χ0n) is 20.2. The number of aliphatic imine (C=N–C) groups is 1. The lowest BCUT2D eigenvalue weighted by molar-refractivity contribution is -0.147. The number of carbonyl (C=O) groups is 2. The fourth-order valence-corrected chi connectivity index (χ4v) is 5.17. The van der Waals surface area contributed by atoms with Crippen LogP contribution < -0.4 is 4.74 Å². The van der Waals surface area contributed by atoms with E-state index < -0.39 is 17.8 Å². The monoisotopic (exact) mass is 480 g/mol. The predicted molar refractivity (Wildman–Crippen MR) is 137 cm³/mol. The second kappa shape index (κ2) is 10.7. The van der Waals surface area contributed by atoms with Gasteiger partial charge in [0, 0.05) is 41.7 Å². The second-order valence-electron chi connectivity index (χ2n) is 9.12. The molecule has 6 nitrogen and oxygen atoms in total. The van der Waals surface area contributed by atoms with Crippen molar-refractivity contribution in [1.82, 2.24) is 4.98 Å². The number of ketones is 1. The molecular formula is C30H28N2O4.